The van der Waals surface area contributed by atoms with Crippen molar-refractivity contribution in [2.24, 2.45) is 51.1 Å². The number of nitrogens with one attached hydrogen (secondary N) is 1. The number of hydrogen-bond donors (Lipinski definition) is 4. The summed E-state index contributed by atoms with van der Waals surface area (Å²) in [4.78, 5) is 19.5. The summed E-state index contributed by atoms with van der Waals surface area (Å²) >= 11 is 0. The number of carbonyl (C=O) groups is 1. The molecule has 8 rings (SSSR count). The number of fused-ring (bicyclic) bond motifs is 3. The normalized spacial score (nSPS) is 37.7. The smallest absolute Gasteiger partial charge is 0.189 e. The van der Waals surface area contributed by atoms with Crippen molar-refractivity contribution < 1.29 is 15.0 Å². The summed E-state index contributed by atoms with van der Waals surface area (Å²) in [5.41, 5.74) is 12.8. The zero-order valence-electron chi connectivity index (χ0n) is 30.4. The molecule has 9 atom stereocenters. The highest BCUT2D eigenvalue weighted by Crippen LogP contribution is 2.75. The van der Waals surface area contributed by atoms with Gasteiger partial charge in [-0.15, -0.1) is 0 Å². The average molecular weight is 778 g/mol. The molecule has 0 aromatic heterocycles. The van der Waals surface area contributed by atoms with Gasteiger partial charge in [0.15, 0.2) is 11.7 Å². The van der Waals surface area contributed by atoms with Gasteiger partial charge in [0.1, 0.15) is 0 Å². The number of Topliss-reactive ketones (excluding diaryl/α,β-unsaturated/α-hetero) is 1. The number of hydrogen-bond acceptors (Lipinski definition) is 10. The monoisotopic (exact) mass is 777 g/mol. The molecule has 2 aromatic carbocycles. The van der Waals surface area contributed by atoms with Gasteiger partial charge in [-0.05, 0) is 109 Å². The molecule has 5 N–H and O–H groups in total. The summed E-state index contributed by atoms with van der Waals surface area (Å²) < 4.78 is 0. The zero-order valence-corrected chi connectivity index (χ0v) is 33.7. The Bertz CT molecular complexity index is 1690. The molecule has 2 spiro atoms. The highest BCUT2D eigenvalue weighted by molar-refractivity contribution is 8.77. The quantitative estimate of drug-likeness (QED) is 0.217. The number of aliphatic hydroxyl groups is 2. The summed E-state index contributed by atoms with van der Waals surface area (Å²) in [6.07, 6.45) is 8.97. The summed E-state index contributed by atoms with van der Waals surface area (Å²) in [6.45, 7) is 3.54. The largest absolute Gasteiger partial charge is 0.396 e. The number of rotatable bonds is 6. The first-order chi connectivity index (χ1) is 25.3. The minimum absolute atomic E-state index is 0.0150. The Labute approximate surface area is 326 Å². The molecule has 3 aliphatic heterocycles. The minimum atomic E-state index is -0.235. The second-order valence-electron chi connectivity index (χ2n) is 16.8. The molecule has 2 fully saturated rings. The maximum atomic E-state index is 14.7. The van der Waals surface area contributed by atoms with E-state index < -0.39 is 0 Å². The molecule has 0 amide bonds. The molecule has 280 valence electrons. The van der Waals surface area contributed by atoms with Crippen LogP contribution < -0.4 is 11.1 Å². The van der Waals surface area contributed by atoms with Crippen molar-refractivity contribution in [3.63, 3.8) is 0 Å². The fourth-order valence-electron chi connectivity index (χ4n) is 11.7. The second-order valence-corrected chi connectivity index (χ2v) is 22.0. The zero-order chi connectivity index (χ0) is 35.9. The lowest BCUT2D eigenvalue weighted by molar-refractivity contribution is -0.125. The van der Waals surface area contributed by atoms with Crippen LogP contribution in [-0.4, -0.2) is 64.5 Å². The van der Waals surface area contributed by atoms with Crippen LogP contribution in [0.4, 0.5) is 0 Å². The summed E-state index contributed by atoms with van der Waals surface area (Å²) in [7, 11) is 8.00. The predicted octanol–water partition coefficient (Wildman–Crippen LogP) is 8.05. The first-order valence-corrected chi connectivity index (χ1v) is 24.4. The van der Waals surface area contributed by atoms with E-state index in [-0.39, 0.29) is 53.3 Å². The molecule has 10 heteroatoms. The van der Waals surface area contributed by atoms with Crippen molar-refractivity contribution in [2.75, 3.05) is 37.0 Å². The van der Waals surface area contributed by atoms with Gasteiger partial charge in [0, 0.05) is 60.0 Å². The van der Waals surface area contributed by atoms with Gasteiger partial charge >= 0.3 is 0 Å². The van der Waals surface area contributed by atoms with E-state index >= 15 is 0 Å². The van der Waals surface area contributed by atoms with Crippen LogP contribution in [0.5, 0.6) is 0 Å². The molecule has 3 aliphatic carbocycles. The Balaban J connectivity index is 1.21. The van der Waals surface area contributed by atoms with Crippen LogP contribution in [0.1, 0.15) is 80.2 Å². The Morgan fingerprint density at radius 3 is 2.71 bits per heavy atom. The Morgan fingerprint density at radius 1 is 1.02 bits per heavy atom. The van der Waals surface area contributed by atoms with Gasteiger partial charge in [0.25, 0.3) is 0 Å². The SMILES string of the molecule is CC12CCSSCC34CC(CSSC(Cc5ccccc5)c5cccc(c5)CC3CN=C(N)N4)CC3=C4CC1CC(CO)C(CCCO)C42CC3=O. The number of aliphatic hydroxyl groups excluding tert-OH is 2. The van der Waals surface area contributed by atoms with Crippen LogP contribution in [0.25, 0.3) is 0 Å². The van der Waals surface area contributed by atoms with Gasteiger partial charge in [0.05, 0.1) is 5.54 Å². The minimum Gasteiger partial charge on any atom is -0.396 e. The van der Waals surface area contributed by atoms with E-state index in [0.717, 1.165) is 80.6 Å². The van der Waals surface area contributed by atoms with Gasteiger partial charge in [-0.2, -0.15) is 0 Å². The molecule has 6 nitrogen and oxygen atoms in total. The van der Waals surface area contributed by atoms with Crippen molar-refractivity contribution in [2.45, 2.75) is 81.9 Å². The number of benzene rings is 2. The number of aliphatic imine (C=N–C) groups is 1. The molecule has 0 saturated heterocycles. The highest BCUT2D eigenvalue weighted by atomic mass is 33.1. The highest BCUT2D eigenvalue weighted by Gasteiger charge is 2.69. The van der Waals surface area contributed by atoms with Gasteiger partial charge in [-0.3, -0.25) is 9.79 Å². The van der Waals surface area contributed by atoms with Gasteiger partial charge < -0.3 is 21.3 Å². The molecular weight excluding hydrogens is 723 g/mol. The molecule has 2 aromatic rings. The van der Waals surface area contributed by atoms with Crippen molar-refractivity contribution in [3.8, 4) is 0 Å². The fraction of sp³-hybridized carbons (Fsp3) is 0.619. The summed E-state index contributed by atoms with van der Waals surface area (Å²) in [5.74, 6) is 5.34. The summed E-state index contributed by atoms with van der Waals surface area (Å²) in [6, 6.07) is 20.2. The number of nitrogens with two attached hydrogens (primary N) is 1. The molecular formula is C42H55N3O3S4. The van der Waals surface area contributed by atoms with E-state index in [1.54, 1.807) is 0 Å². The Morgan fingerprint density at radius 2 is 1.88 bits per heavy atom. The van der Waals surface area contributed by atoms with Gasteiger partial charge in [-0.25, -0.2) is 0 Å². The first kappa shape index (κ1) is 37.4. The van der Waals surface area contributed by atoms with E-state index in [4.69, 9.17) is 10.7 Å². The summed E-state index contributed by atoms with van der Waals surface area (Å²) in [5, 5.41) is 24.9. The lowest BCUT2D eigenvalue weighted by atomic mass is 9.47. The number of nitrogens with zero attached hydrogens (tertiary/aromatic N) is 1. The van der Waals surface area contributed by atoms with Crippen molar-refractivity contribution in [3.05, 3.63) is 82.4 Å². The van der Waals surface area contributed by atoms with Crippen LogP contribution in [-0.2, 0) is 17.6 Å². The average Bonchev–Trinajstić information content (AvgIpc) is 3.47. The lowest BCUT2D eigenvalue weighted by Crippen LogP contribution is -2.62. The van der Waals surface area contributed by atoms with Crippen LogP contribution in [0, 0.1) is 40.4 Å². The molecule has 6 aliphatic rings. The van der Waals surface area contributed by atoms with E-state index in [1.165, 1.54) is 22.3 Å². The molecule has 2 saturated carbocycles. The molecule has 0 radical (unpaired) electrons. The van der Waals surface area contributed by atoms with E-state index in [9.17, 15) is 15.0 Å². The third-order valence-electron chi connectivity index (χ3n) is 14.2. The van der Waals surface area contributed by atoms with E-state index in [0.29, 0.717) is 35.9 Å². The van der Waals surface area contributed by atoms with Crippen molar-refractivity contribution in [1.82, 2.24) is 5.32 Å². The number of carbonyl (C=O) groups excluding carboxylic acids is 1. The van der Waals surface area contributed by atoms with E-state index in [2.05, 4.69) is 66.8 Å². The lowest BCUT2D eigenvalue weighted by Gasteiger charge is -2.57. The topological polar surface area (TPSA) is 108 Å². The standard InChI is InChI=1S/C42H55N3O3S4/c1-40-12-14-49-51-26-41-21-29(17-34-36-20-32(40)19-31(24-47)35(11-6-13-46)42(36,40)22-37(34)48)25-50-52-38(18-27-7-3-2-4-8-27)30-10-5-9-28(15-30)16-33(41)23-44-39(43)45-41/h2-5,7-10,15,29,31-33,35,38,46-47H,6,11-14,16-26H2,1H3,(H3,43,44,45). The van der Waals surface area contributed by atoms with Crippen LogP contribution in [0.3, 0.4) is 0 Å². The molecule has 3 heterocycles. The Kier molecular flexibility index (Phi) is 11.2. The molecule has 9 unspecified atom stereocenters. The number of ketones is 1. The predicted molar refractivity (Wildman–Crippen MR) is 221 cm³/mol. The third kappa shape index (κ3) is 6.71. The van der Waals surface area contributed by atoms with Crippen molar-refractivity contribution in [1.29, 1.82) is 0 Å². The Hall–Kier alpha value is -1.56. The molecule has 9 bridgehead atoms. The third-order valence-corrected chi connectivity index (χ3v) is 19.6. The van der Waals surface area contributed by atoms with Crippen LogP contribution >= 0.6 is 43.2 Å². The maximum absolute atomic E-state index is 14.7. The first-order valence-electron chi connectivity index (χ1n) is 19.5. The number of guanidine groups is 1. The fourth-order valence-corrected chi connectivity index (χ4v) is 17.5. The van der Waals surface area contributed by atoms with Gasteiger partial charge in [0.2, 0.25) is 0 Å². The van der Waals surface area contributed by atoms with E-state index in [1.807, 2.05) is 43.2 Å². The number of allylic oxidation sites excluding steroid dienone is 2. The van der Waals surface area contributed by atoms with Crippen LogP contribution in [0.2, 0.25) is 0 Å². The molecule has 52 heavy (non-hydrogen) atoms. The second kappa shape index (κ2) is 15.5. The van der Waals surface area contributed by atoms with Crippen LogP contribution in [0.15, 0.2) is 70.7 Å². The van der Waals surface area contributed by atoms with Crippen molar-refractivity contribution >= 4 is 54.9 Å². The van der Waals surface area contributed by atoms with Gasteiger partial charge in [-0.1, -0.05) is 110 Å². The maximum Gasteiger partial charge on any atom is 0.189 e.